The third-order valence-electron chi connectivity index (χ3n) is 5.03. The van der Waals surface area contributed by atoms with Gasteiger partial charge in [0.25, 0.3) is 0 Å². The Balaban J connectivity index is 1.71. The number of hydrogen-bond donors (Lipinski definition) is 2. The zero-order valence-corrected chi connectivity index (χ0v) is 13.2. The van der Waals surface area contributed by atoms with Crippen LogP contribution in [0.5, 0.6) is 0 Å². The van der Waals surface area contributed by atoms with E-state index in [9.17, 15) is 14.0 Å². The van der Waals surface area contributed by atoms with E-state index in [1.807, 2.05) is 0 Å². The predicted molar refractivity (Wildman–Crippen MR) is 85.0 cm³/mol. The summed E-state index contributed by atoms with van der Waals surface area (Å²) < 4.78 is 13.2. The number of nitrogens with one attached hydrogen (secondary N) is 2. The molecule has 1 aliphatic carbocycles. The van der Waals surface area contributed by atoms with Gasteiger partial charge in [0.05, 0.1) is 12.0 Å². The lowest BCUT2D eigenvalue weighted by molar-refractivity contribution is -0.129. The molecule has 1 aliphatic heterocycles. The van der Waals surface area contributed by atoms with Crippen molar-refractivity contribution >= 4 is 11.8 Å². The van der Waals surface area contributed by atoms with Crippen LogP contribution in [0.25, 0.3) is 0 Å². The number of carbonyl (C=O) groups is 2. The monoisotopic (exact) mass is 318 g/mol. The minimum absolute atomic E-state index is 0.00813. The molecule has 1 aromatic carbocycles. The second kappa shape index (κ2) is 7.11. The summed E-state index contributed by atoms with van der Waals surface area (Å²) in [5.41, 5.74) is 0.964. The number of hydrogen-bond acceptors (Lipinski definition) is 2. The van der Waals surface area contributed by atoms with E-state index < -0.39 is 0 Å². The van der Waals surface area contributed by atoms with Gasteiger partial charge in [0, 0.05) is 13.0 Å². The summed E-state index contributed by atoms with van der Waals surface area (Å²) in [6.07, 6.45) is 5.53. The van der Waals surface area contributed by atoms with E-state index in [0.29, 0.717) is 25.3 Å². The molecule has 0 aromatic heterocycles. The fraction of sp³-hybridized carbons (Fsp3) is 0.556. The summed E-state index contributed by atoms with van der Waals surface area (Å²) in [5.74, 6) is -0.0222. The van der Waals surface area contributed by atoms with E-state index in [2.05, 4.69) is 10.6 Å². The molecular formula is C18H23FN2O2. The SMILES string of the molecule is O=C1CC[C@@H](C(=O)N[C@@H](c2ccc(F)cc2)C2CCCC2)CN1. The molecule has 1 heterocycles. The second-order valence-electron chi connectivity index (χ2n) is 6.62. The zero-order chi connectivity index (χ0) is 16.2. The van der Waals surface area contributed by atoms with Crippen LogP contribution in [-0.2, 0) is 9.59 Å². The van der Waals surface area contributed by atoms with Crippen LogP contribution in [0.1, 0.15) is 50.1 Å². The minimum atomic E-state index is -0.264. The maximum Gasteiger partial charge on any atom is 0.225 e. The lowest BCUT2D eigenvalue weighted by Crippen LogP contribution is -2.44. The molecule has 5 heteroatoms. The van der Waals surface area contributed by atoms with Crippen molar-refractivity contribution in [3.63, 3.8) is 0 Å². The van der Waals surface area contributed by atoms with Crippen molar-refractivity contribution in [3.8, 4) is 0 Å². The quantitative estimate of drug-likeness (QED) is 0.897. The van der Waals surface area contributed by atoms with Gasteiger partial charge in [0.15, 0.2) is 0 Å². The number of rotatable bonds is 4. The largest absolute Gasteiger partial charge is 0.355 e. The Labute approximate surface area is 135 Å². The lowest BCUT2D eigenvalue weighted by atomic mass is 9.90. The molecule has 124 valence electrons. The Morgan fingerprint density at radius 1 is 1.17 bits per heavy atom. The first kappa shape index (κ1) is 16.0. The van der Waals surface area contributed by atoms with Gasteiger partial charge in [-0.3, -0.25) is 9.59 Å². The molecule has 2 atom stereocenters. The average molecular weight is 318 g/mol. The van der Waals surface area contributed by atoms with E-state index in [-0.39, 0.29) is 29.6 Å². The highest BCUT2D eigenvalue weighted by Gasteiger charge is 2.31. The standard InChI is InChI=1S/C18H23FN2O2/c19-15-8-5-13(6-9-15)17(12-3-1-2-4-12)21-18(23)14-7-10-16(22)20-11-14/h5-6,8-9,12,14,17H,1-4,7,10-11H2,(H,20,22)(H,21,23)/t14-,17-/m1/s1. The van der Waals surface area contributed by atoms with Crippen LogP contribution in [-0.4, -0.2) is 18.4 Å². The first-order valence-corrected chi connectivity index (χ1v) is 8.46. The van der Waals surface area contributed by atoms with Crippen molar-refractivity contribution in [1.82, 2.24) is 10.6 Å². The lowest BCUT2D eigenvalue weighted by Gasteiger charge is -2.29. The van der Waals surface area contributed by atoms with Gasteiger partial charge in [-0.2, -0.15) is 0 Å². The summed E-state index contributed by atoms with van der Waals surface area (Å²) >= 11 is 0. The van der Waals surface area contributed by atoms with Gasteiger partial charge in [-0.05, 0) is 42.9 Å². The van der Waals surface area contributed by atoms with Crippen molar-refractivity contribution in [2.24, 2.45) is 11.8 Å². The molecule has 1 saturated carbocycles. The molecule has 1 aromatic rings. The minimum Gasteiger partial charge on any atom is -0.355 e. The topological polar surface area (TPSA) is 58.2 Å². The van der Waals surface area contributed by atoms with Gasteiger partial charge in [-0.15, -0.1) is 0 Å². The normalized spacial score (nSPS) is 23.3. The molecule has 0 unspecified atom stereocenters. The molecule has 0 bridgehead atoms. The molecule has 2 aliphatic rings. The van der Waals surface area contributed by atoms with E-state index in [1.165, 1.54) is 25.0 Å². The molecule has 2 N–H and O–H groups in total. The average Bonchev–Trinajstić information content (AvgIpc) is 3.08. The van der Waals surface area contributed by atoms with Crippen molar-refractivity contribution in [3.05, 3.63) is 35.6 Å². The van der Waals surface area contributed by atoms with E-state index in [0.717, 1.165) is 18.4 Å². The Bertz CT molecular complexity index is 557. The highest BCUT2D eigenvalue weighted by atomic mass is 19.1. The number of amides is 2. The van der Waals surface area contributed by atoms with E-state index >= 15 is 0 Å². The molecule has 23 heavy (non-hydrogen) atoms. The molecule has 4 nitrogen and oxygen atoms in total. The van der Waals surface area contributed by atoms with Crippen molar-refractivity contribution in [1.29, 1.82) is 0 Å². The predicted octanol–water partition coefficient (Wildman–Crippen LogP) is 2.70. The first-order chi connectivity index (χ1) is 11.1. The highest BCUT2D eigenvalue weighted by Crippen LogP contribution is 2.36. The smallest absolute Gasteiger partial charge is 0.225 e. The Morgan fingerprint density at radius 2 is 1.87 bits per heavy atom. The zero-order valence-electron chi connectivity index (χ0n) is 13.2. The Kier molecular flexibility index (Phi) is 4.94. The molecule has 1 saturated heterocycles. The van der Waals surface area contributed by atoms with Gasteiger partial charge in [-0.1, -0.05) is 25.0 Å². The second-order valence-corrected chi connectivity index (χ2v) is 6.62. The summed E-state index contributed by atoms with van der Waals surface area (Å²) in [6.45, 7) is 0.408. The Hall–Kier alpha value is -1.91. The van der Waals surface area contributed by atoms with Crippen LogP contribution in [0.15, 0.2) is 24.3 Å². The third kappa shape index (κ3) is 3.89. The number of piperidine rings is 1. The fourth-order valence-corrected chi connectivity index (χ4v) is 3.66. The maximum atomic E-state index is 13.2. The summed E-state index contributed by atoms with van der Waals surface area (Å²) in [6, 6.07) is 6.36. The number of benzene rings is 1. The van der Waals surface area contributed by atoms with Crippen molar-refractivity contribution in [2.45, 2.75) is 44.6 Å². The highest BCUT2D eigenvalue weighted by molar-refractivity contribution is 5.84. The van der Waals surface area contributed by atoms with Crippen LogP contribution < -0.4 is 10.6 Å². The van der Waals surface area contributed by atoms with Gasteiger partial charge < -0.3 is 10.6 Å². The molecule has 3 rings (SSSR count). The molecule has 2 fully saturated rings. The summed E-state index contributed by atoms with van der Waals surface area (Å²) in [4.78, 5) is 23.8. The Morgan fingerprint density at radius 3 is 2.48 bits per heavy atom. The molecular weight excluding hydrogens is 295 g/mol. The van der Waals surface area contributed by atoms with Crippen LogP contribution in [0.3, 0.4) is 0 Å². The van der Waals surface area contributed by atoms with Gasteiger partial charge in [0.2, 0.25) is 11.8 Å². The van der Waals surface area contributed by atoms with Crippen LogP contribution in [0.2, 0.25) is 0 Å². The summed E-state index contributed by atoms with van der Waals surface area (Å²) in [7, 11) is 0. The fourth-order valence-electron chi connectivity index (χ4n) is 3.66. The third-order valence-corrected chi connectivity index (χ3v) is 5.03. The summed E-state index contributed by atoms with van der Waals surface area (Å²) in [5, 5.41) is 5.92. The first-order valence-electron chi connectivity index (χ1n) is 8.46. The van der Waals surface area contributed by atoms with Crippen LogP contribution >= 0.6 is 0 Å². The molecule has 0 radical (unpaired) electrons. The molecule has 2 amide bonds. The van der Waals surface area contributed by atoms with Gasteiger partial charge in [0.1, 0.15) is 5.82 Å². The molecule has 0 spiro atoms. The van der Waals surface area contributed by atoms with Crippen molar-refractivity contribution in [2.75, 3.05) is 6.54 Å². The van der Waals surface area contributed by atoms with Crippen LogP contribution in [0, 0.1) is 17.7 Å². The van der Waals surface area contributed by atoms with E-state index in [1.54, 1.807) is 12.1 Å². The van der Waals surface area contributed by atoms with Crippen LogP contribution in [0.4, 0.5) is 4.39 Å². The maximum absolute atomic E-state index is 13.2. The van der Waals surface area contributed by atoms with Gasteiger partial charge >= 0.3 is 0 Å². The van der Waals surface area contributed by atoms with Gasteiger partial charge in [-0.25, -0.2) is 4.39 Å². The van der Waals surface area contributed by atoms with Crippen molar-refractivity contribution < 1.29 is 14.0 Å². The van der Waals surface area contributed by atoms with E-state index in [4.69, 9.17) is 0 Å². The number of halogens is 1. The number of carbonyl (C=O) groups excluding carboxylic acids is 2.